The number of aromatic nitrogens is 1. The molecule has 0 bridgehead atoms. The van der Waals surface area contributed by atoms with Crippen LogP contribution >= 0.6 is 0 Å². The first-order chi connectivity index (χ1) is 10.9. The van der Waals surface area contributed by atoms with Gasteiger partial charge in [-0.2, -0.15) is 0 Å². The van der Waals surface area contributed by atoms with Gasteiger partial charge in [0.05, 0.1) is 0 Å². The molecule has 1 aliphatic heterocycles. The molecule has 0 amide bonds. The number of aliphatic hydroxyl groups excluding tert-OH is 3. The first-order valence-electron chi connectivity index (χ1n) is 7.03. The summed E-state index contributed by atoms with van der Waals surface area (Å²) >= 11 is 0. The fourth-order valence-electron chi connectivity index (χ4n) is 2.36. The van der Waals surface area contributed by atoms with Crippen molar-refractivity contribution in [3.63, 3.8) is 0 Å². The molecule has 0 saturated carbocycles. The molecule has 1 aromatic heterocycles. The Morgan fingerprint density at radius 2 is 1.95 bits per heavy atom. The second-order valence-corrected chi connectivity index (χ2v) is 4.99. The fourth-order valence-corrected chi connectivity index (χ4v) is 2.36. The van der Waals surface area contributed by atoms with Crippen molar-refractivity contribution in [2.24, 2.45) is 0 Å². The van der Waals surface area contributed by atoms with E-state index in [4.69, 9.17) is 16.0 Å². The topological polar surface area (TPSA) is 132 Å². The Morgan fingerprint density at radius 3 is 2.68 bits per heavy atom. The minimum absolute atomic E-state index is 0.187. The van der Waals surface area contributed by atoms with E-state index in [2.05, 4.69) is 0 Å². The summed E-state index contributed by atoms with van der Waals surface area (Å²) in [4.78, 5) is 12.1. The van der Waals surface area contributed by atoms with Gasteiger partial charge in [-0.05, 0) is 12.1 Å². The van der Waals surface area contributed by atoms with Crippen LogP contribution in [-0.2, 0) is 9.53 Å². The maximum Gasteiger partial charge on any atom is 0.335 e. The maximum absolute atomic E-state index is 11.1. The summed E-state index contributed by atoms with van der Waals surface area (Å²) in [7, 11) is 0. The molecule has 0 spiro atoms. The number of ether oxygens (including phenoxy) is 2. The normalized spacial score (nSPS) is 32.7. The predicted octanol–water partition coefficient (Wildman–Crippen LogP) is -0.561. The van der Waals surface area contributed by atoms with Crippen LogP contribution in [0.1, 0.15) is 0 Å². The van der Waals surface area contributed by atoms with E-state index < -0.39 is 36.7 Å². The second-order valence-electron chi connectivity index (χ2n) is 4.99. The number of aliphatic carboxylic acids is 1. The molecule has 8 heteroatoms. The van der Waals surface area contributed by atoms with Crippen molar-refractivity contribution in [2.75, 3.05) is 0 Å². The average molecular weight is 310 g/mol. The largest absolute Gasteiger partial charge is 0.479 e. The molecule has 3 rings (SSSR count). The van der Waals surface area contributed by atoms with E-state index in [-0.39, 0.29) is 5.75 Å². The monoisotopic (exact) mass is 310 g/mol. The number of fused-ring (bicyclic) bond motifs is 1. The highest BCUT2D eigenvalue weighted by Gasteiger charge is 2.48. The van der Waals surface area contributed by atoms with Crippen LogP contribution in [0.5, 0.6) is 5.75 Å². The molecule has 1 aliphatic rings. The molecule has 2 aromatic rings. The van der Waals surface area contributed by atoms with Gasteiger partial charge < -0.3 is 34.9 Å². The lowest BCUT2D eigenvalue weighted by Crippen LogP contribution is -2.61. The summed E-state index contributed by atoms with van der Waals surface area (Å²) < 4.78 is 18.3. The second kappa shape index (κ2) is 5.58. The molecule has 0 aliphatic carbocycles. The van der Waals surface area contributed by atoms with E-state index in [0.717, 1.165) is 4.98 Å². The van der Waals surface area contributed by atoms with Crippen LogP contribution in [0.4, 0.5) is 0 Å². The summed E-state index contributed by atoms with van der Waals surface area (Å²) in [6, 6.07) is 6.84. The SMILES string of the molecule is [2H]n1cc(OC2O[C@H](C(=O)O)[C@@H](O)[C@H](O)[C@H]2O)c2ccccc21. The Labute approximate surface area is 126 Å². The van der Waals surface area contributed by atoms with Crippen molar-refractivity contribution >= 4 is 16.9 Å². The van der Waals surface area contributed by atoms with Crippen LogP contribution < -0.4 is 4.74 Å². The van der Waals surface area contributed by atoms with Gasteiger partial charge in [-0.15, -0.1) is 0 Å². The van der Waals surface area contributed by atoms with Crippen molar-refractivity contribution < 1.29 is 36.1 Å². The fraction of sp³-hybridized carbons (Fsp3) is 0.357. The molecule has 118 valence electrons. The van der Waals surface area contributed by atoms with Gasteiger partial charge in [-0.25, -0.2) is 4.79 Å². The lowest BCUT2D eigenvalue weighted by molar-refractivity contribution is -0.270. The van der Waals surface area contributed by atoms with Gasteiger partial charge in [-0.3, -0.25) is 0 Å². The molecule has 1 fully saturated rings. The zero-order valence-corrected chi connectivity index (χ0v) is 11.2. The molecule has 5 atom stereocenters. The lowest BCUT2D eigenvalue weighted by atomic mass is 9.99. The zero-order chi connectivity index (χ0) is 16.7. The number of benzene rings is 1. The molecule has 2 heterocycles. The number of para-hydroxylation sites is 1. The molecule has 1 saturated heterocycles. The number of hydrogen-bond acceptors (Lipinski definition) is 6. The predicted molar refractivity (Wildman–Crippen MR) is 73.2 cm³/mol. The lowest BCUT2D eigenvalue weighted by Gasteiger charge is -2.38. The third kappa shape index (κ3) is 2.42. The van der Waals surface area contributed by atoms with Gasteiger partial charge in [0.15, 0.2) is 7.52 Å². The minimum Gasteiger partial charge on any atom is -0.479 e. The van der Waals surface area contributed by atoms with Gasteiger partial charge in [0.25, 0.3) is 0 Å². The summed E-state index contributed by atoms with van der Waals surface area (Å²) in [5, 5.41) is 38.9. The standard InChI is InChI=1S/C14H15NO7/c16-9-10(17)12(13(19)20)22-14(11(9)18)21-8-5-15-7-4-2-1-3-6(7)8/h1-5,9-12,14-18H,(H,19,20)/t9-,10-,11+,12-,14?/m0/s1/i/hD. The van der Waals surface area contributed by atoms with Crippen molar-refractivity contribution in [3.05, 3.63) is 30.5 Å². The molecule has 5 N–H and O–H groups in total. The van der Waals surface area contributed by atoms with Crippen molar-refractivity contribution in [3.8, 4) is 5.75 Å². The number of carboxylic acids is 1. The maximum atomic E-state index is 11.1. The van der Waals surface area contributed by atoms with Crippen molar-refractivity contribution in [2.45, 2.75) is 30.7 Å². The summed E-state index contributed by atoms with van der Waals surface area (Å²) in [6.45, 7) is 0. The Hall–Kier alpha value is -2.13. The van der Waals surface area contributed by atoms with E-state index in [1.165, 1.54) is 6.20 Å². The molecule has 22 heavy (non-hydrogen) atoms. The van der Waals surface area contributed by atoms with Gasteiger partial charge in [0.1, 0.15) is 24.1 Å². The van der Waals surface area contributed by atoms with E-state index >= 15 is 0 Å². The Bertz CT molecular complexity index is 733. The number of aromatic amines is 1. The highest BCUT2D eigenvalue weighted by molar-refractivity contribution is 5.85. The highest BCUT2D eigenvalue weighted by atomic mass is 16.7. The van der Waals surface area contributed by atoms with Gasteiger partial charge in [0.2, 0.25) is 6.29 Å². The Morgan fingerprint density at radius 1 is 1.23 bits per heavy atom. The van der Waals surface area contributed by atoms with Crippen molar-refractivity contribution in [1.29, 1.82) is 0 Å². The molecule has 8 nitrogen and oxygen atoms in total. The molecular formula is C14H15NO7. The number of H-pyrrole nitrogens is 1. The van der Waals surface area contributed by atoms with E-state index in [1.54, 1.807) is 24.3 Å². The average Bonchev–Trinajstić information content (AvgIpc) is 2.84. The number of hydrogen-bond donors (Lipinski definition) is 5. The summed E-state index contributed by atoms with van der Waals surface area (Å²) in [5.74, 6) is -1.30. The first-order valence-corrected chi connectivity index (χ1v) is 6.58. The summed E-state index contributed by atoms with van der Waals surface area (Å²) in [5.41, 5.74) is 0.545. The smallest absolute Gasteiger partial charge is 0.335 e. The third-order valence-electron chi connectivity index (χ3n) is 3.55. The van der Waals surface area contributed by atoms with Crippen LogP contribution in [0.3, 0.4) is 0 Å². The molecule has 1 unspecified atom stereocenters. The van der Waals surface area contributed by atoms with E-state index in [9.17, 15) is 20.1 Å². The van der Waals surface area contributed by atoms with Crippen LogP contribution in [0.2, 0.25) is 1.41 Å². The molecule has 0 radical (unpaired) electrons. The number of carbonyl (C=O) groups is 1. The summed E-state index contributed by atoms with van der Waals surface area (Å²) in [6.07, 6.45) is -7.07. The molecular weight excluding hydrogens is 294 g/mol. The minimum atomic E-state index is -1.78. The molecule has 1 aromatic carbocycles. The first kappa shape index (κ1) is 13.5. The van der Waals surface area contributed by atoms with E-state index in [1.807, 2.05) is 0 Å². The zero-order valence-electron chi connectivity index (χ0n) is 12.2. The Balaban J connectivity index is 1.90. The number of nitrogens with one attached hydrogen (secondary N) is 1. The Kier molecular flexibility index (Phi) is 3.43. The number of aliphatic hydroxyl groups is 3. The van der Waals surface area contributed by atoms with Gasteiger partial charge >= 0.3 is 5.97 Å². The van der Waals surface area contributed by atoms with Crippen LogP contribution in [0.25, 0.3) is 10.9 Å². The third-order valence-corrected chi connectivity index (χ3v) is 3.55. The van der Waals surface area contributed by atoms with Crippen LogP contribution in [-0.4, -0.2) is 62.1 Å². The van der Waals surface area contributed by atoms with Gasteiger partial charge in [0, 0.05) is 17.1 Å². The van der Waals surface area contributed by atoms with Crippen molar-refractivity contribution in [1.82, 2.24) is 4.98 Å². The van der Waals surface area contributed by atoms with Crippen LogP contribution in [0, 0.1) is 0 Å². The van der Waals surface area contributed by atoms with E-state index in [0.29, 0.717) is 10.9 Å². The quantitative estimate of drug-likeness (QED) is 0.513. The highest BCUT2D eigenvalue weighted by Crippen LogP contribution is 2.29. The number of carboxylic acid groups (broad SMARTS) is 1. The van der Waals surface area contributed by atoms with Gasteiger partial charge in [-0.1, -0.05) is 12.1 Å². The van der Waals surface area contributed by atoms with Crippen LogP contribution in [0.15, 0.2) is 30.5 Å². The number of rotatable bonds is 3.